The summed E-state index contributed by atoms with van der Waals surface area (Å²) in [4.78, 5) is 12.3. The second kappa shape index (κ2) is 10.0. The van der Waals surface area contributed by atoms with Gasteiger partial charge in [-0.2, -0.15) is 0 Å². The van der Waals surface area contributed by atoms with Gasteiger partial charge in [-0.05, 0) is 42.3 Å². The fourth-order valence-electron chi connectivity index (χ4n) is 3.20. The maximum atomic E-state index is 12.3. The van der Waals surface area contributed by atoms with Gasteiger partial charge < -0.3 is 20.5 Å². The first-order chi connectivity index (χ1) is 14.1. The molecule has 0 aliphatic heterocycles. The Balaban J connectivity index is 1.74. The molecule has 0 aromatic heterocycles. The fourth-order valence-corrected chi connectivity index (χ4v) is 3.20. The molecular formula is C24H28N2O3. The van der Waals surface area contributed by atoms with Crippen molar-refractivity contribution < 1.29 is 14.6 Å². The molecule has 3 rings (SSSR count). The highest BCUT2D eigenvalue weighted by Crippen LogP contribution is 2.28. The third kappa shape index (κ3) is 5.56. The largest absolute Gasteiger partial charge is 0.483 e. The van der Waals surface area contributed by atoms with E-state index in [9.17, 15) is 9.90 Å². The molecule has 5 heteroatoms. The van der Waals surface area contributed by atoms with E-state index in [1.165, 1.54) is 0 Å². The van der Waals surface area contributed by atoms with Crippen LogP contribution in [-0.4, -0.2) is 30.3 Å². The first kappa shape index (κ1) is 20.8. The quantitative estimate of drug-likeness (QED) is 0.514. The summed E-state index contributed by atoms with van der Waals surface area (Å²) in [6.07, 6.45) is 0.830. The molecule has 3 aromatic carbocycles. The number of hydrogen-bond donors (Lipinski definition) is 3. The Kier molecular flexibility index (Phi) is 7.22. The average Bonchev–Trinajstić information content (AvgIpc) is 2.75. The van der Waals surface area contributed by atoms with E-state index >= 15 is 0 Å². The van der Waals surface area contributed by atoms with Crippen molar-refractivity contribution in [2.75, 3.05) is 18.5 Å². The summed E-state index contributed by atoms with van der Waals surface area (Å²) in [5, 5.41) is 17.9. The number of benzene rings is 3. The van der Waals surface area contributed by atoms with Crippen molar-refractivity contribution in [3.8, 4) is 5.75 Å². The van der Waals surface area contributed by atoms with Gasteiger partial charge in [0.2, 0.25) is 0 Å². The number of carbonyl (C=O) groups is 1. The maximum Gasteiger partial charge on any atom is 0.262 e. The summed E-state index contributed by atoms with van der Waals surface area (Å²) in [7, 11) is 0. The second-order valence-corrected chi connectivity index (χ2v) is 7.13. The first-order valence-corrected chi connectivity index (χ1v) is 9.95. The van der Waals surface area contributed by atoms with Crippen LogP contribution in [0, 0.1) is 6.92 Å². The normalized spacial score (nSPS) is 12.0. The lowest BCUT2D eigenvalue weighted by Crippen LogP contribution is -2.31. The van der Waals surface area contributed by atoms with Gasteiger partial charge >= 0.3 is 0 Å². The molecule has 3 N–H and O–H groups in total. The summed E-state index contributed by atoms with van der Waals surface area (Å²) in [6, 6.07) is 19.7. The molecule has 0 bridgehead atoms. The minimum Gasteiger partial charge on any atom is -0.483 e. The predicted octanol–water partition coefficient (Wildman–Crippen LogP) is 4.03. The molecule has 0 heterocycles. The SMILES string of the molecule is CC[C@H](CO)NCc1c(OCC(=O)Nc2ccc(C)cc2)ccc2ccccc12. The number of ether oxygens (including phenoxy) is 1. The van der Waals surface area contributed by atoms with Crippen LogP contribution in [0.3, 0.4) is 0 Å². The van der Waals surface area contributed by atoms with Crippen LogP contribution in [0.4, 0.5) is 5.69 Å². The van der Waals surface area contributed by atoms with Gasteiger partial charge in [0.1, 0.15) is 5.75 Å². The van der Waals surface area contributed by atoms with Crippen LogP contribution in [0.2, 0.25) is 0 Å². The Hall–Kier alpha value is -2.89. The summed E-state index contributed by atoms with van der Waals surface area (Å²) >= 11 is 0. The number of anilines is 1. The van der Waals surface area contributed by atoms with Crippen LogP contribution in [0.5, 0.6) is 5.75 Å². The highest BCUT2D eigenvalue weighted by Gasteiger charge is 2.13. The number of carbonyl (C=O) groups excluding carboxylic acids is 1. The van der Waals surface area contributed by atoms with Crippen molar-refractivity contribution in [1.82, 2.24) is 5.32 Å². The topological polar surface area (TPSA) is 70.6 Å². The number of aliphatic hydroxyl groups is 1. The third-order valence-corrected chi connectivity index (χ3v) is 4.97. The lowest BCUT2D eigenvalue weighted by molar-refractivity contribution is -0.118. The molecule has 0 unspecified atom stereocenters. The lowest BCUT2D eigenvalue weighted by Gasteiger charge is -2.18. The van der Waals surface area contributed by atoms with E-state index in [1.54, 1.807) is 0 Å². The molecule has 1 atom stereocenters. The standard InChI is InChI=1S/C24H28N2O3/c1-3-19(15-27)25-14-22-21-7-5-4-6-18(21)10-13-23(22)29-16-24(28)26-20-11-8-17(2)9-12-20/h4-13,19,25,27H,3,14-16H2,1-2H3,(H,26,28)/t19-/m1/s1. The number of amides is 1. The zero-order valence-corrected chi connectivity index (χ0v) is 16.9. The number of nitrogens with one attached hydrogen (secondary N) is 2. The maximum absolute atomic E-state index is 12.3. The van der Waals surface area contributed by atoms with E-state index in [2.05, 4.69) is 16.7 Å². The van der Waals surface area contributed by atoms with Crippen molar-refractivity contribution >= 4 is 22.4 Å². The number of aryl methyl sites for hydroxylation is 1. The molecule has 0 aliphatic carbocycles. The van der Waals surface area contributed by atoms with Gasteiger partial charge in [-0.25, -0.2) is 0 Å². The number of fused-ring (bicyclic) bond motifs is 1. The Morgan fingerprint density at radius 2 is 1.83 bits per heavy atom. The van der Waals surface area contributed by atoms with Crippen LogP contribution in [0.1, 0.15) is 24.5 Å². The lowest BCUT2D eigenvalue weighted by atomic mass is 10.0. The van der Waals surface area contributed by atoms with Gasteiger partial charge in [0.05, 0.1) is 6.61 Å². The van der Waals surface area contributed by atoms with E-state index in [-0.39, 0.29) is 25.2 Å². The molecule has 0 saturated heterocycles. The van der Waals surface area contributed by atoms with Crippen molar-refractivity contribution in [2.45, 2.75) is 32.9 Å². The monoisotopic (exact) mass is 392 g/mol. The number of rotatable bonds is 9. The minimum atomic E-state index is -0.206. The van der Waals surface area contributed by atoms with E-state index in [0.29, 0.717) is 12.3 Å². The summed E-state index contributed by atoms with van der Waals surface area (Å²) in [5.41, 5.74) is 2.87. The van der Waals surface area contributed by atoms with Crippen LogP contribution in [0.25, 0.3) is 10.8 Å². The van der Waals surface area contributed by atoms with E-state index in [1.807, 2.05) is 68.4 Å². The van der Waals surface area contributed by atoms with Crippen molar-refractivity contribution in [2.24, 2.45) is 0 Å². The van der Waals surface area contributed by atoms with Crippen molar-refractivity contribution in [3.05, 3.63) is 71.8 Å². The molecule has 3 aromatic rings. The Morgan fingerprint density at radius 3 is 2.55 bits per heavy atom. The van der Waals surface area contributed by atoms with E-state index < -0.39 is 0 Å². The molecule has 152 valence electrons. The summed E-state index contributed by atoms with van der Waals surface area (Å²) < 4.78 is 5.89. The molecule has 0 spiro atoms. The smallest absolute Gasteiger partial charge is 0.262 e. The number of hydrogen-bond acceptors (Lipinski definition) is 4. The highest BCUT2D eigenvalue weighted by atomic mass is 16.5. The van der Waals surface area contributed by atoms with Gasteiger partial charge in [0.25, 0.3) is 5.91 Å². The molecule has 0 radical (unpaired) electrons. The molecule has 5 nitrogen and oxygen atoms in total. The second-order valence-electron chi connectivity index (χ2n) is 7.13. The molecular weight excluding hydrogens is 364 g/mol. The van der Waals surface area contributed by atoms with Gasteiger partial charge in [-0.3, -0.25) is 4.79 Å². The van der Waals surface area contributed by atoms with Crippen LogP contribution in [-0.2, 0) is 11.3 Å². The highest BCUT2D eigenvalue weighted by molar-refractivity contribution is 5.92. The minimum absolute atomic E-state index is 0.0201. The first-order valence-electron chi connectivity index (χ1n) is 9.95. The van der Waals surface area contributed by atoms with Gasteiger partial charge in [-0.1, -0.05) is 55.0 Å². The Labute approximate surface area is 171 Å². The van der Waals surface area contributed by atoms with Crippen LogP contribution >= 0.6 is 0 Å². The predicted molar refractivity (Wildman–Crippen MR) is 117 cm³/mol. The molecule has 1 amide bonds. The van der Waals surface area contributed by atoms with Gasteiger partial charge in [0, 0.05) is 23.8 Å². The zero-order valence-electron chi connectivity index (χ0n) is 16.9. The average molecular weight is 392 g/mol. The van der Waals surface area contributed by atoms with E-state index in [0.717, 1.165) is 34.0 Å². The molecule has 0 fully saturated rings. The Bertz CT molecular complexity index is 950. The number of aliphatic hydroxyl groups excluding tert-OH is 1. The molecule has 0 saturated carbocycles. The fraction of sp³-hybridized carbons (Fsp3) is 0.292. The molecule has 29 heavy (non-hydrogen) atoms. The van der Waals surface area contributed by atoms with Gasteiger partial charge in [-0.15, -0.1) is 0 Å². The van der Waals surface area contributed by atoms with Crippen molar-refractivity contribution in [1.29, 1.82) is 0 Å². The van der Waals surface area contributed by atoms with Crippen molar-refractivity contribution in [3.63, 3.8) is 0 Å². The van der Waals surface area contributed by atoms with Gasteiger partial charge in [0.15, 0.2) is 6.61 Å². The zero-order chi connectivity index (χ0) is 20.6. The third-order valence-electron chi connectivity index (χ3n) is 4.97. The molecule has 0 aliphatic rings. The summed E-state index contributed by atoms with van der Waals surface area (Å²) in [5.74, 6) is 0.464. The summed E-state index contributed by atoms with van der Waals surface area (Å²) in [6.45, 7) is 4.59. The van der Waals surface area contributed by atoms with E-state index in [4.69, 9.17) is 4.74 Å². The van der Waals surface area contributed by atoms with Crippen LogP contribution < -0.4 is 15.4 Å². The Morgan fingerprint density at radius 1 is 1.07 bits per heavy atom. The van der Waals surface area contributed by atoms with Crippen LogP contribution in [0.15, 0.2) is 60.7 Å².